The number of rotatable bonds is 4. The second kappa shape index (κ2) is 6.33. The fraction of sp³-hybridized carbons (Fsp3) is 0.231. The minimum Gasteiger partial charge on any atom is -0.481 e. The molecule has 0 aliphatic carbocycles. The molecule has 1 aromatic rings. The third-order valence-corrected chi connectivity index (χ3v) is 2.05. The van der Waals surface area contributed by atoms with Crippen molar-refractivity contribution in [3.63, 3.8) is 0 Å². The zero-order valence-corrected chi connectivity index (χ0v) is 9.27. The Hall–Kier alpha value is -2.28. The van der Waals surface area contributed by atoms with Crippen LogP contribution in [0.5, 0.6) is 0 Å². The predicted molar refractivity (Wildman–Crippen MR) is 63.1 cm³/mol. The molecule has 0 aromatic heterocycles. The summed E-state index contributed by atoms with van der Waals surface area (Å²) in [4.78, 5) is 20.9. The van der Waals surface area contributed by atoms with Gasteiger partial charge in [0.05, 0.1) is 6.42 Å². The molecule has 1 aromatic carbocycles. The van der Waals surface area contributed by atoms with Crippen molar-refractivity contribution >= 4 is 11.9 Å². The molecule has 0 saturated carbocycles. The van der Waals surface area contributed by atoms with Crippen molar-refractivity contribution in [2.45, 2.75) is 19.3 Å². The smallest absolute Gasteiger partial charge is 0.303 e. The molecule has 0 bridgehead atoms. The maximum Gasteiger partial charge on any atom is 0.303 e. The molecule has 0 unspecified atom stereocenters. The van der Waals surface area contributed by atoms with Gasteiger partial charge in [0.25, 0.3) is 0 Å². The third-order valence-electron chi connectivity index (χ3n) is 2.05. The minimum atomic E-state index is -0.824. The molecule has 0 saturated heterocycles. The molecule has 88 valence electrons. The molecule has 4 heteroatoms. The zero-order valence-electron chi connectivity index (χ0n) is 9.27. The van der Waals surface area contributed by atoms with Gasteiger partial charge in [-0.15, -0.1) is 0 Å². The summed E-state index contributed by atoms with van der Waals surface area (Å²) >= 11 is 0. The number of carboxylic acids is 1. The molecule has 17 heavy (non-hydrogen) atoms. The predicted octanol–water partition coefficient (Wildman–Crippen LogP) is 0.931. The quantitative estimate of drug-likeness (QED) is 0.756. The highest BCUT2D eigenvalue weighted by Crippen LogP contribution is 2.06. The van der Waals surface area contributed by atoms with Gasteiger partial charge in [-0.25, -0.2) is 0 Å². The average Bonchev–Trinajstić information content (AvgIpc) is 2.26. The van der Waals surface area contributed by atoms with Crippen LogP contribution in [-0.4, -0.2) is 17.0 Å². The van der Waals surface area contributed by atoms with Crippen LogP contribution in [0.2, 0.25) is 0 Å². The van der Waals surface area contributed by atoms with Crippen molar-refractivity contribution in [1.29, 1.82) is 0 Å². The second-order valence-electron chi connectivity index (χ2n) is 3.54. The van der Waals surface area contributed by atoms with Crippen LogP contribution in [0.1, 0.15) is 24.0 Å². The van der Waals surface area contributed by atoms with Gasteiger partial charge in [0, 0.05) is 12.0 Å². The van der Waals surface area contributed by atoms with E-state index in [1.807, 2.05) is 18.2 Å². The molecule has 3 N–H and O–H groups in total. The van der Waals surface area contributed by atoms with Crippen molar-refractivity contribution in [3.05, 3.63) is 35.4 Å². The fourth-order valence-electron chi connectivity index (χ4n) is 1.29. The van der Waals surface area contributed by atoms with Crippen LogP contribution in [0.25, 0.3) is 0 Å². The van der Waals surface area contributed by atoms with E-state index in [0.29, 0.717) is 6.42 Å². The summed E-state index contributed by atoms with van der Waals surface area (Å²) in [5.74, 6) is 4.18. The van der Waals surface area contributed by atoms with E-state index in [0.717, 1.165) is 11.1 Å². The summed E-state index contributed by atoms with van der Waals surface area (Å²) in [5.41, 5.74) is 6.63. The molecule has 0 heterocycles. The van der Waals surface area contributed by atoms with Crippen molar-refractivity contribution in [2.75, 3.05) is 0 Å². The Morgan fingerprint density at radius 2 is 2.12 bits per heavy atom. The van der Waals surface area contributed by atoms with Crippen molar-refractivity contribution in [3.8, 4) is 11.8 Å². The minimum absolute atomic E-state index is 0.0271. The van der Waals surface area contributed by atoms with Crippen LogP contribution in [0.4, 0.5) is 0 Å². The van der Waals surface area contributed by atoms with Crippen molar-refractivity contribution in [2.24, 2.45) is 5.73 Å². The van der Waals surface area contributed by atoms with Gasteiger partial charge in [0.2, 0.25) is 5.91 Å². The van der Waals surface area contributed by atoms with E-state index in [4.69, 9.17) is 10.8 Å². The van der Waals surface area contributed by atoms with Crippen LogP contribution in [0.15, 0.2) is 24.3 Å². The first-order valence-electron chi connectivity index (χ1n) is 5.16. The molecule has 0 aliphatic heterocycles. The Balaban J connectivity index is 2.67. The Kier molecular flexibility index (Phi) is 4.77. The van der Waals surface area contributed by atoms with Crippen LogP contribution >= 0.6 is 0 Å². The molecule has 0 fully saturated rings. The standard InChI is InChI=1S/C13H13NO3/c14-12(15)6-2-5-10-3-1-4-11(9-10)7-8-13(16)17/h1,3-4,9H,6-8H2,(H2,14,15)(H,16,17). The van der Waals surface area contributed by atoms with Gasteiger partial charge in [0.15, 0.2) is 0 Å². The number of nitrogens with two attached hydrogens (primary N) is 1. The van der Waals surface area contributed by atoms with Gasteiger partial charge in [-0.1, -0.05) is 24.0 Å². The number of hydrogen-bond acceptors (Lipinski definition) is 2. The van der Waals surface area contributed by atoms with E-state index in [1.54, 1.807) is 6.07 Å². The number of carbonyl (C=O) groups is 2. The molecule has 0 atom stereocenters. The normalized spacial score (nSPS) is 9.18. The summed E-state index contributed by atoms with van der Waals surface area (Å²) in [7, 11) is 0. The van der Waals surface area contributed by atoms with Crippen molar-refractivity contribution < 1.29 is 14.7 Å². The fourth-order valence-corrected chi connectivity index (χ4v) is 1.29. The molecule has 0 spiro atoms. The summed E-state index contributed by atoms with van der Waals surface area (Å²) < 4.78 is 0. The number of aliphatic carboxylic acids is 1. The first-order valence-corrected chi connectivity index (χ1v) is 5.16. The highest BCUT2D eigenvalue weighted by Gasteiger charge is 1.99. The molecule has 1 rings (SSSR count). The number of aryl methyl sites for hydroxylation is 1. The lowest BCUT2D eigenvalue weighted by Crippen LogP contribution is -2.08. The van der Waals surface area contributed by atoms with E-state index in [9.17, 15) is 9.59 Å². The molecular formula is C13H13NO3. The average molecular weight is 231 g/mol. The summed E-state index contributed by atoms with van der Waals surface area (Å²) in [5, 5.41) is 8.57. The maximum atomic E-state index is 10.5. The van der Waals surface area contributed by atoms with Gasteiger partial charge in [-0.3, -0.25) is 9.59 Å². The van der Waals surface area contributed by atoms with Gasteiger partial charge in [0.1, 0.15) is 0 Å². The van der Waals surface area contributed by atoms with Crippen LogP contribution in [0, 0.1) is 11.8 Å². The Labute approximate surface area is 99.4 Å². The number of hydrogen-bond donors (Lipinski definition) is 2. The van der Waals surface area contributed by atoms with Crippen LogP contribution in [-0.2, 0) is 16.0 Å². The van der Waals surface area contributed by atoms with Crippen LogP contribution < -0.4 is 5.73 Å². The van der Waals surface area contributed by atoms with Crippen LogP contribution in [0.3, 0.4) is 0 Å². The Bertz CT molecular complexity index is 483. The second-order valence-corrected chi connectivity index (χ2v) is 3.54. The number of amides is 1. The van der Waals surface area contributed by atoms with E-state index < -0.39 is 11.9 Å². The topological polar surface area (TPSA) is 80.4 Å². The number of carboxylic acid groups (broad SMARTS) is 1. The van der Waals surface area contributed by atoms with Gasteiger partial charge >= 0.3 is 5.97 Å². The summed E-state index contributed by atoms with van der Waals surface area (Å²) in [6.07, 6.45) is 0.595. The number of carbonyl (C=O) groups excluding carboxylic acids is 1. The SMILES string of the molecule is NC(=O)CC#Cc1cccc(CCC(=O)O)c1. The number of benzene rings is 1. The lowest BCUT2D eigenvalue weighted by Gasteiger charge is -1.98. The first-order chi connectivity index (χ1) is 8.08. The summed E-state index contributed by atoms with van der Waals surface area (Å²) in [6.45, 7) is 0. The zero-order chi connectivity index (χ0) is 12.7. The molecule has 1 amide bonds. The lowest BCUT2D eigenvalue weighted by molar-refractivity contribution is -0.137. The monoisotopic (exact) mass is 231 g/mol. The largest absolute Gasteiger partial charge is 0.481 e. The maximum absolute atomic E-state index is 10.5. The van der Waals surface area contributed by atoms with Gasteiger partial charge in [-0.05, 0) is 24.1 Å². The Morgan fingerprint density at radius 1 is 1.35 bits per heavy atom. The highest BCUT2D eigenvalue weighted by molar-refractivity contribution is 5.76. The van der Waals surface area contributed by atoms with Gasteiger partial charge < -0.3 is 10.8 Å². The van der Waals surface area contributed by atoms with E-state index in [1.165, 1.54) is 0 Å². The van der Waals surface area contributed by atoms with Crippen molar-refractivity contribution in [1.82, 2.24) is 0 Å². The van der Waals surface area contributed by atoms with E-state index in [-0.39, 0.29) is 12.8 Å². The lowest BCUT2D eigenvalue weighted by atomic mass is 10.1. The molecule has 0 aliphatic rings. The highest BCUT2D eigenvalue weighted by atomic mass is 16.4. The van der Waals surface area contributed by atoms with E-state index in [2.05, 4.69) is 11.8 Å². The first kappa shape index (κ1) is 12.8. The third kappa shape index (κ3) is 5.38. The summed E-state index contributed by atoms with van der Waals surface area (Å²) in [6, 6.07) is 7.28. The molecule has 0 radical (unpaired) electrons. The molecular weight excluding hydrogens is 218 g/mol. The van der Waals surface area contributed by atoms with Gasteiger partial charge in [-0.2, -0.15) is 0 Å². The van der Waals surface area contributed by atoms with E-state index >= 15 is 0 Å². The Morgan fingerprint density at radius 3 is 2.76 bits per heavy atom. The molecule has 4 nitrogen and oxygen atoms in total. The number of primary amides is 1.